The summed E-state index contributed by atoms with van der Waals surface area (Å²) in [4.78, 5) is 41.3. The number of aryl methyl sites for hydroxylation is 2. The SMILES string of the molecule is Cc1cccc(C)c1OCC(=O)N[C@@H](Cc1ccccc1)[C@@H](O)C[C@@H](CCC(C)C)CC(=O)[C@H](C(C)C)N1CCCNC1=O. The van der Waals surface area contributed by atoms with Gasteiger partial charge in [0.25, 0.3) is 5.91 Å². The average molecular weight is 608 g/mol. The highest BCUT2D eigenvalue weighted by Gasteiger charge is 2.35. The minimum absolute atomic E-state index is 0.0240. The Hall–Kier alpha value is -3.39. The molecule has 0 aliphatic carbocycles. The second kappa shape index (κ2) is 17.2. The molecule has 1 saturated heterocycles. The second-order valence-electron chi connectivity index (χ2n) is 13.2. The maximum Gasteiger partial charge on any atom is 0.318 e. The van der Waals surface area contributed by atoms with E-state index in [9.17, 15) is 19.5 Å². The van der Waals surface area contributed by atoms with Crippen LogP contribution in [-0.4, -0.2) is 65.6 Å². The summed E-state index contributed by atoms with van der Waals surface area (Å²) in [5, 5.41) is 17.6. The molecule has 1 aliphatic rings. The van der Waals surface area contributed by atoms with Gasteiger partial charge in [0.15, 0.2) is 12.4 Å². The van der Waals surface area contributed by atoms with Gasteiger partial charge in [0.1, 0.15) is 5.75 Å². The highest BCUT2D eigenvalue weighted by molar-refractivity contribution is 5.89. The molecule has 8 heteroatoms. The largest absolute Gasteiger partial charge is 0.483 e. The topological polar surface area (TPSA) is 108 Å². The number of aliphatic hydroxyl groups excluding tert-OH is 1. The Labute approximate surface area is 263 Å². The Balaban J connectivity index is 1.75. The van der Waals surface area contributed by atoms with Gasteiger partial charge in [-0.2, -0.15) is 0 Å². The predicted octanol–water partition coefficient (Wildman–Crippen LogP) is 5.61. The summed E-state index contributed by atoms with van der Waals surface area (Å²) in [6.45, 7) is 13.2. The molecule has 1 fully saturated rings. The van der Waals surface area contributed by atoms with Gasteiger partial charge in [0, 0.05) is 19.5 Å². The molecule has 0 saturated carbocycles. The molecule has 44 heavy (non-hydrogen) atoms. The molecule has 0 bridgehead atoms. The Morgan fingerprint density at radius 2 is 1.68 bits per heavy atom. The predicted molar refractivity (Wildman–Crippen MR) is 175 cm³/mol. The van der Waals surface area contributed by atoms with Crippen LogP contribution in [0.3, 0.4) is 0 Å². The third-order valence-corrected chi connectivity index (χ3v) is 8.49. The van der Waals surface area contributed by atoms with Crippen molar-refractivity contribution in [3.63, 3.8) is 0 Å². The first-order chi connectivity index (χ1) is 21.0. The van der Waals surface area contributed by atoms with Crippen LogP contribution >= 0.6 is 0 Å². The lowest BCUT2D eigenvalue weighted by atomic mass is 9.83. The van der Waals surface area contributed by atoms with Crippen LogP contribution in [-0.2, 0) is 16.0 Å². The number of carbonyl (C=O) groups excluding carboxylic acids is 3. The smallest absolute Gasteiger partial charge is 0.318 e. The summed E-state index contributed by atoms with van der Waals surface area (Å²) in [5.41, 5.74) is 2.91. The molecule has 3 N–H and O–H groups in total. The molecule has 0 unspecified atom stereocenters. The van der Waals surface area contributed by atoms with Gasteiger partial charge < -0.3 is 25.4 Å². The molecule has 0 radical (unpaired) electrons. The van der Waals surface area contributed by atoms with Crippen LogP contribution in [0.5, 0.6) is 5.75 Å². The van der Waals surface area contributed by atoms with Crippen LogP contribution in [0.25, 0.3) is 0 Å². The van der Waals surface area contributed by atoms with Gasteiger partial charge in [-0.1, -0.05) is 82.6 Å². The first-order valence-electron chi connectivity index (χ1n) is 16.2. The first kappa shape index (κ1) is 35.1. The van der Waals surface area contributed by atoms with Crippen molar-refractivity contribution in [3.8, 4) is 5.75 Å². The Morgan fingerprint density at radius 3 is 2.30 bits per heavy atom. The fraction of sp³-hybridized carbons (Fsp3) is 0.583. The standard InChI is InChI=1S/C36H53N3O5/c1-24(2)16-17-29(22-32(41)34(25(3)4)39-19-11-18-37-36(39)43)21-31(40)30(20-28-14-8-7-9-15-28)38-33(42)23-44-35-26(5)12-10-13-27(35)6/h7-10,12-15,24-25,29-31,34,40H,11,16-23H2,1-6H3,(H,37,43)(H,38,42)/t29-,30+,31+,34+/m1/s1. The van der Waals surface area contributed by atoms with Crippen molar-refractivity contribution < 1.29 is 24.2 Å². The molecular weight excluding hydrogens is 554 g/mol. The van der Waals surface area contributed by atoms with Crippen LogP contribution in [0.1, 0.15) is 76.5 Å². The molecule has 2 aromatic rings. The van der Waals surface area contributed by atoms with Crippen molar-refractivity contribution in [2.45, 2.75) is 98.3 Å². The first-order valence-corrected chi connectivity index (χ1v) is 16.2. The van der Waals surface area contributed by atoms with E-state index in [1.165, 1.54) is 0 Å². The van der Waals surface area contributed by atoms with Gasteiger partial charge in [-0.05, 0) is 74.0 Å². The van der Waals surface area contributed by atoms with Crippen LogP contribution in [0.15, 0.2) is 48.5 Å². The molecule has 1 aliphatic heterocycles. The number of nitrogens with one attached hydrogen (secondary N) is 2. The molecule has 4 atom stereocenters. The molecule has 0 spiro atoms. The number of ketones is 1. The fourth-order valence-electron chi connectivity index (χ4n) is 6.17. The molecule has 0 aromatic heterocycles. The average Bonchev–Trinajstić information content (AvgIpc) is 2.96. The maximum absolute atomic E-state index is 13.8. The maximum atomic E-state index is 13.8. The van der Waals surface area contributed by atoms with Crippen molar-refractivity contribution in [1.29, 1.82) is 0 Å². The zero-order valence-corrected chi connectivity index (χ0v) is 27.5. The van der Waals surface area contributed by atoms with Crippen molar-refractivity contribution >= 4 is 17.7 Å². The van der Waals surface area contributed by atoms with E-state index in [1.807, 2.05) is 76.2 Å². The number of aliphatic hydroxyl groups is 1. The molecular formula is C36H53N3O5. The van der Waals surface area contributed by atoms with E-state index in [4.69, 9.17) is 4.74 Å². The van der Waals surface area contributed by atoms with E-state index in [1.54, 1.807) is 4.90 Å². The minimum atomic E-state index is -0.875. The van der Waals surface area contributed by atoms with E-state index in [-0.39, 0.29) is 42.6 Å². The Bertz CT molecular complexity index is 1200. The lowest BCUT2D eigenvalue weighted by molar-refractivity contribution is -0.127. The van der Waals surface area contributed by atoms with Gasteiger partial charge in [0.2, 0.25) is 0 Å². The van der Waals surface area contributed by atoms with E-state index in [0.717, 1.165) is 36.0 Å². The number of hydrogen-bond acceptors (Lipinski definition) is 5. The number of ether oxygens (including phenoxy) is 1. The van der Waals surface area contributed by atoms with Crippen molar-refractivity contribution in [1.82, 2.24) is 15.5 Å². The molecule has 1 heterocycles. The van der Waals surface area contributed by atoms with E-state index in [2.05, 4.69) is 24.5 Å². The lowest BCUT2D eigenvalue weighted by Gasteiger charge is -2.37. The van der Waals surface area contributed by atoms with Crippen LogP contribution in [0.4, 0.5) is 4.79 Å². The molecule has 8 nitrogen and oxygen atoms in total. The number of amides is 3. The highest BCUT2D eigenvalue weighted by Crippen LogP contribution is 2.27. The van der Waals surface area contributed by atoms with E-state index >= 15 is 0 Å². The summed E-state index contributed by atoms with van der Waals surface area (Å²) < 4.78 is 5.90. The molecule has 2 aromatic carbocycles. The van der Waals surface area contributed by atoms with E-state index < -0.39 is 18.2 Å². The number of para-hydroxylation sites is 1. The van der Waals surface area contributed by atoms with Crippen LogP contribution < -0.4 is 15.4 Å². The number of carbonyl (C=O) groups is 3. The van der Waals surface area contributed by atoms with Gasteiger partial charge in [0.05, 0.1) is 18.2 Å². The third kappa shape index (κ3) is 10.7. The Kier molecular flexibility index (Phi) is 13.7. The summed E-state index contributed by atoms with van der Waals surface area (Å²) in [7, 11) is 0. The molecule has 242 valence electrons. The quantitative estimate of drug-likeness (QED) is 0.217. The summed E-state index contributed by atoms with van der Waals surface area (Å²) in [6, 6.07) is 14.4. The number of rotatable bonds is 17. The highest BCUT2D eigenvalue weighted by atomic mass is 16.5. The summed E-state index contributed by atoms with van der Waals surface area (Å²) in [6.07, 6.45) is 2.72. The van der Waals surface area contributed by atoms with Crippen molar-refractivity contribution in [2.24, 2.45) is 17.8 Å². The van der Waals surface area contributed by atoms with Crippen LogP contribution in [0, 0.1) is 31.6 Å². The number of urea groups is 1. The zero-order valence-electron chi connectivity index (χ0n) is 27.5. The van der Waals surface area contributed by atoms with Crippen molar-refractivity contribution in [2.75, 3.05) is 19.7 Å². The Morgan fingerprint density at radius 1 is 1.00 bits per heavy atom. The molecule has 3 rings (SSSR count). The van der Waals surface area contributed by atoms with Gasteiger partial charge in [-0.3, -0.25) is 9.59 Å². The number of nitrogens with zero attached hydrogens (tertiary/aromatic N) is 1. The monoisotopic (exact) mass is 607 g/mol. The lowest BCUT2D eigenvalue weighted by Crippen LogP contribution is -2.55. The van der Waals surface area contributed by atoms with Gasteiger partial charge in [-0.15, -0.1) is 0 Å². The third-order valence-electron chi connectivity index (χ3n) is 8.49. The summed E-state index contributed by atoms with van der Waals surface area (Å²) in [5.74, 6) is 0.749. The zero-order chi connectivity index (χ0) is 32.2. The number of benzene rings is 2. The van der Waals surface area contributed by atoms with Gasteiger partial charge in [-0.25, -0.2) is 4.79 Å². The van der Waals surface area contributed by atoms with E-state index in [0.29, 0.717) is 37.6 Å². The van der Waals surface area contributed by atoms with Crippen molar-refractivity contribution in [3.05, 3.63) is 65.2 Å². The van der Waals surface area contributed by atoms with Gasteiger partial charge >= 0.3 is 6.03 Å². The second-order valence-corrected chi connectivity index (χ2v) is 13.2. The fourth-order valence-corrected chi connectivity index (χ4v) is 6.17. The van der Waals surface area contributed by atoms with Crippen LogP contribution in [0.2, 0.25) is 0 Å². The summed E-state index contributed by atoms with van der Waals surface area (Å²) >= 11 is 0. The molecule has 3 amide bonds. The minimum Gasteiger partial charge on any atom is -0.483 e. The number of hydrogen-bond donors (Lipinski definition) is 3. The normalized spacial score (nSPS) is 16.3. The number of Topliss-reactive ketones (excluding diaryl/α,β-unsaturated/α-hetero) is 1.